The van der Waals surface area contributed by atoms with Crippen LogP contribution in [-0.4, -0.2) is 25.7 Å². The molecule has 2 N–H and O–H groups in total. The van der Waals surface area contributed by atoms with Crippen molar-refractivity contribution in [1.29, 1.82) is 0 Å². The Labute approximate surface area is 114 Å². The highest BCUT2D eigenvalue weighted by atomic mass is 32.2. The summed E-state index contributed by atoms with van der Waals surface area (Å²) in [6.45, 7) is 1.81. The van der Waals surface area contributed by atoms with Crippen LogP contribution < -0.4 is 5.73 Å². The van der Waals surface area contributed by atoms with E-state index in [4.69, 9.17) is 5.73 Å². The fourth-order valence-electron chi connectivity index (χ4n) is 1.85. The second kappa shape index (κ2) is 7.40. The Morgan fingerprint density at radius 2 is 1.84 bits per heavy atom. The summed E-state index contributed by atoms with van der Waals surface area (Å²) in [6.07, 6.45) is 0.828. The molecule has 0 radical (unpaired) electrons. The number of carbonyl (C=O) groups excluding carboxylic acids is 1. The molecule has 0 saturated heterocycles. The highest BCUT2D eigenvalue weighted by molar-refractivity contribution is 7.91. The summed E-state index contributed by atoms with van der Waals surface area (Å²) in [5.74, 6) is -0.0253. The van der Waals surface area contributed by atoms with Gasteiger partial charge in [0.1, 0.15) is 5.78 Å². The van der Waals surface area contributed by atoms with E-state index in [1.54, 1.807) is 0 Å². The molecular weight excluding hydrogens is 262 g/mol. The minimum absolute atomic E-state index is 0.0584. The Kier molecular flexibility index (Phi) is 6.18. The van der Waals surface area contributed by atoms with Crippen molar-refractivity contribution >= 4 is 15.6 Å². The lowest BCUT2D eigenvalue weighted by Gasteiger charge is -2.11. The van der Waals surface area contributed by atoms with Gasteiger partial charge in [-0.3, -0.25) is 4.79 Å². The first-order valence-corrected chi connectivity index (χ1v) is 8.29. The van der Waals surface area contributed by atoms with Gasteiger partial charge in [-0.25, -0.2) is 8.42 Å². The molecular formula is C14H21NO3S. The zero-order chi connectivity index (χ0) is 14.3. The van der Waals surface area contributed by atoms with E-state index in [0.29, 0.717) is 6.42 Å². The first-order valence-electron chi connectivity index (χ1n) is 6.47. The number of benzene rings is 1. The van der Waals surface area contributed by atoms with Crippen molar-refractivity contribution in [2.24, 2.45) is 5.73 Å². The Morgan fingerprint density at radius 3 is 2.42 bits per heavy atom. The molecule has 0 aliphatic carbocycles. The quantitative estimate of drug-likeness (QED) is 0.790. The molecule has 1 rings (SSSR count). The molecule has 4 nitrogen and oxygen atoms in total. The van der Waals surface area contributed by atoms with Crippen molar-refractivity contribution in [3.63, 3.8) is 0 Å². The second-order valence-electron chi connectivity index (χ2n) is 4.66. The van der Waals surface area contributed by atoms with Gasteiger partial charge in [-0.15, -0.1) is 0 Å². The number of Topliss-reactive ketones (excluding diaryl/α,β-unsaturated/α-hetero) is 1. The number of hydrogen-bond donors (Lipinski definition) is 1. The van der Waals surface area contributed by atoms with Gasteiger partial charge in [-0.2, -0.15) is 0 Å². The largest absolute Gasteiger partial charge is 0.324 e. The van der Waals surface area contributed by atoms with Crippen molar-refractivity contribution in [2.45, 2.75) is 32.2 Å². The third-order valence-corrected chi connectivity index (χ3v) is 4.74. The van der Waals surface area contributed by atoms with Gasteiger partial charge in [0.15, 0.2) is 9.84 Å². The molecule has 1 atom stereocenters. The first-order chi connectivity index (χ1) is 8.94. The third-order valence-electron chi connectivity index (χ3n) is 2.88. The number of rotatable bonds is 8. The van der Waals surface area contributed by atoms with Crippen molar-refractivity contribution in [3.05, 3.63) is 35.9 Å². The lowest BCUT2D eigenvalue weighted by Crippen LogP contribution is -2.19. The molecule has 0 aromatic heterocycles. The number of nitrogens with two attached hydrogens (primary N) is 1. The molecule has 0 bridgehead atoms. The molecule has 1 unspecified atom stereocenters. The number of sulfone groups is 1. The molecule has 0 aliphatic rings. The van der Waals surface area contributed by atoms with Crippen LogP contribution in [0.25, 0.3) is 0 Å². The summed E-state index contributed by atoms with van der Waals surface area (Å²) < 4.78 is 23.0. The standard InChI is InChI=1S/C14H21NO3S/c1-2-9-19(17,18)10-8-13(16)11-14(15)12-6-4-3-5-7-12/h3-7,14H,2,8-11,15H2,1H3. The summed E-state index contributed by atoms with van der Waals surface area (Å²) >= 11 is 0. The monoisotopic (exact) mass is 283 g/mol. The van der Waals surface area contributed by atoms with Gasteiger partial charge in [0.25, 0.3) is 0 Å². The van der Waals surface area contributed by atoms with E-state index in [-0.39, 0.29) is 36.2 Å². The summed E-state index contributed by atoms with van der Waals surface area (Å²) in [4.78, 5) is 11.7. The summed E-state index contributed by atoms with van der Waals surface area (Å²) in [5, 5.41) is 0. The van der Waals surface area contributed by atoms with Gasteiger partial charge in [0.05, 0.1) is 5.75 Å². The number of hydrogen-bond acceptors (Lipinski definition) is 4. The molecule has 0 spiro atoms. The van der Waals surface area contributed by atoms with Crippen LogP contribution in [0.1, 0.15) is 37.8 Å². The Morgan fingerprint density at radius 1 is 1.21 bits per heavy atom. The number of carbonyl (C=O) groups is 1. The molecule has 106 valence electrons. The highest BCUT2D eigenvalue weighted by Gasteiger charge is 2.15. The zero-order valence-electron chi connectivity index (χ0n) is 11.2. The van der Waals surface area contributed by atoms with Crippen LogP contribution in [0.5, 0.6) is 0 Å². The maximum absolute atomic E-state index is 11.7. The molecule has 1 aromatic rings. The minimum atomic E-state index is -3.09. The highest BCUT2D eigenvalue weighted by Crippen LogP contribution is 2.14. The van der Waals surface area contributed by atoms with Crippen molar-refractivity contribution in [3.8, 4) is 0 Å². The maximum atomic E-state index is 11.7. The van der Waals surface area contributed by atoms with E-state index in [2.05, 4.69) is 0 Å². The molecule has 0 aliphatic heterocycles. The van der Waals surface area contributed by atoms with Crippen LogP contribution in [0, 0.1) is 0 Å². The lowest BCUT2D eigenvalue weighted by atomic mass is 10.0. The number of ketones is 1. The predicted octanol–water partition coefficient (Wildman–Crippen LogP) is 1.86. The van der Waals surface area contributed by atoms with E-state index in [1.807, 2.05) is 37.3 Å². The van der Waals surface area contributed by atoms with Crippen LogP contribution in [-0.2, 0) is 14.6 Å². The van der Waals surface area contributed by atoms with Crippen LogP contribution in [0.3, 0.4) is 0 Å². The maximum Gasteiger partial charge on any atom is 0.150 e. The fraction of sp³-hybridized carbons (Fsp3) is 0.500. The molecule has 5 heteroatoms. The molecule has 19 heavy (non-hydrogen) atoms. The smallest absolute Gasteiger partial charge is 0.150 e. The molecule has 0 amide bonds. The topological polar surface area (TPSA) is 77.2 Å². The Hall–Kier alpha value is -1.20. The van der Waals surface area contributed by atoms with Gasteiger partial charge >= 0.3 is 0 Å². The van der Waals surface area contributed by atoms with E-state index >= 15 is 0 Å². The zero-order valence-corrected chi connectivity index (χ0v) is 12.0. The molecule has 0 saturated carbocycles. The molecule has 0 heterocycles. The SMILES string of the molecule is CCCS(=O)(=O)CCC(=O)CC(N)c1ccccc1. The Bertz CT molecular complexity index is 497. The van der Waals surface area contributed by atoms with Gasteiger partial charge in [-0.1, -0.05) is 37.3 Å². The van der Waals surface area contributed by atoms with Crippen molar-refractivity contribution in [1.82, 2.24) is 0 Å². The average molecular weight is 283 g/mol. The minimum Gasteiger partial charge on any atom is -0.324 e. The van der Waals surface area contributed by atoms with Gasteiger partial charge < -0.3 is 5.73 Å². The van der Waals surface area contributed by atoms with Crippen molar-refractivity contribution < 1.29 is 13.2 Å². The molecule has 0 fully saturated rings. The fourth-order valence-corrected chi connectivity index (χ4v) is 3.21. The lowest BCUT2D eigenvalue weighted by molar-refractivity contribution is -0.119. The van der Waals surface area contributed by atoms with E-state index < -0.39 is 9.84 Å². The Balaban J connectivity index is 2.44. The summed E-state index contributed by atoms with van der Waals surface area (Å²) in [5.41, 5.74) is 6.82. The summed E-state index contributed by atoms with van der Waals surface area (Å²) in [7, 11) is -3.09. The predicted molar refractivity (Wildman–Crippen MR) is 76.6 cm³/mol. The van der Waals surface area contributed by atoms with E-state index in [1.165, 1.54) is 0 Å². The van der Waals surface area contributed by atoms with Crippen molar-refractivity contribution in [2.75, 3.05) is 11.5 Å². The van der Waals surface area contributed by atoms with Gasteiger partial charge in [-0.05, 0) is 12.0 Å². The van der Waals surface area contributed by atoms with Gasteiger partial charge in [0, 0.05) is 24.6 Å². The van der Waals surface area contributed by atoms with Gasteiger partial charge in [0.2, 0.25) is 0 Å². The van der Waals surface area contributed by atoms with Crippen LogP contribution in [0.15, 0.2) is 30.3 Å². The molecule has 1 aromatic carbocycles. The van der Waals surface area contributed by atoms with Crippen LogP contribution >= 0.6 is 0 Å². The van der Waals surface area contributed by atoms with Crippen LogP contribution in [0.4, 0.5) is 0 Å². The normalized spacial score (nSPS) is 13.2. The first kappa shape index (κ1) is 15.9. The van der Waals surface area contributed by atoms with E-state index in [9.17, 15) is 13.2 Å². The second-order valence-corrected chi connectivity index (χ2v) is 6.97. The average Bonchev–Trinajstić information content (AvgIpc) is 2.37. The summed E-state index contributed by atoms with van der Waals surface area (Å²) in [6, 6.07) is 8.99. The van der Waals surface area contributed by atoms with E-state index in [0.717, 1.165) is 5.56 Å². The van der Waals surface area contributed by atoms with Crippen LogP contribution in [0.2, 0.25) is 0 Å². The third kappa shape index (κ3) is 5.98.